The molecule has 0 aromatic carbocycles. The highest BCUT2D eigenvalue weighted by atomic mass is 16.5. The highest BCUT2D eigenvalue weighted by Gasteiger charge is 2.32. The SMILES string of the molecule is COCC(C)CC(=O)N1CCC(N2CCC(N)CC2)C1. The van der Waals surface area contributed by atoms with Gasteiger partial charge in [-0.2, -0.15) is 0 Å². The van der Waals surface area contributed by atoms with Gasteiger partial charge in [-0.25, -0.2) is 0 Å². The normalized spacial score (nSPS) is 26.9. The van der Waals surface area contributed by atoms with Gasteiger partial charge >= 0.3 is 0 Å². The van der Waals surface area contributed by atoms with E-state index >= 15 is 0 Å². The Balaban J connectivity index is 1.75. The molecule has 0 aromatic heterocycles. The molecule has 2 rings (SSSR count). The fourth-order valence-corrected chi connectivity index (χ4v) is 3.32. The van der Waals surface area contributed by atoms with Crippen LogP contribution in [0.3, 0.4) is 0 Å². The van der Waals surface area contributed by atoms with Gasteiger partial charge in [0.15, 0.2) is 0 Å². The Bertz CT molecular complexity index is 316. The number of carbonyl (C=O) groups excluding carboxylic acids is 1. The van der Waals surface area contributed by atoms with E-state index in [1.807, 2.05) is 4.90 Å². The van der Waals surface area contributed by atoms with Crippen LogP contribution in [0.5, 0.6) is 0 Å². The quantitative estimate of drug-likeness (QED) is 0.806. The average molecular weight is 283 g/mol. The second kappa shape index (κ2) is 7.38. The van der Waals surface area contributed by atoms with Gasteiger partial charge in [0, 0.05) is 45.3 Å². The number of hydrogen-bond acceptors (Lipinski definition) is 4. The van der Waals surface area contributed by atoms with Crippen molar-refractivity contribution < 1.29 is 9.53 Å². The lowest BCUT2D eigenvalue weighted by Crippen LogP contribution is -2.46. The van der Waals surface area contributed by atoms with Crippen LogP contribution in [0, 0.1) is 5.92 Å². The van der Waals surface area contributed by atoms with Crippen molar-refractivity contribution in [2.45, 2.75) is 44.7 Å². The summed E-state index contributed by atoms with van der Waals surface area (Å²) in [4.78, 5) is 16.8. The van der Waals surface area contributed by atoms with Crippen LogP contribution >= 0.6 is 0 Å². The first-order valence-corrected chi connectivity index (χ1v) is 7.86. The second-order valence-electron chi connectivity index (χ2n) is 6.42. The molecule has 20 heavy (non-hydrogen) atoms. The molecule has 2 heterocycles. The van der Waals surface area contributed by atoms with Crippen molar-refractivity contribution in [3.05, 3.63) is 0 Å². The molecule has 2 atom stereocenters. The summed E-state index contributed by atoms with van der Waals surface area (Å²) in [6.45, 7) is 6.72. The monoisotopic (exact) mass is 283 g/mol. The van der Waals surface area contributed by atoms with Gasteiger partial charge in [0.1, 0.15) is 0 Å². The molecule has 0 aromatic rings. The summed E-state index contributed by atoms with van der Waals surface area (Å²) in [6, 6.07) is 0.921. The minimum Gasteiger partial charge on any atom is -0.384 e. The molecule has 2 aliphatic heterocycles. The van der Waals surface area contributed by atoms with Crippen molar-refractivity contribution in [3.8, 4) is 0 Å². The highest BCUT2D eigenvalue weighted by Crippen LogP contribution is 2.21. The predicted molar refractivity (Wildman–Crippen MR) is 79.4 cm³/mol. The molecule has 2 fully saturated rings. The molecule has 2 saturated heterocycles. The number of carbonyl (C=O) groups is 1. The first-order valence-electron chi connectivity index (χ1n) is 7.86. The molecule has 2 unspecified atom stereocenters. The molecule has 2 aliphatic rings. The minimum atomic E-state index is 0.283. The van der Waals surface area contributed by atoms with Crippen molar-refractivity contribution in [3.63, 3.8) is 0 Å². The Morgan fingerprint density at radius 2 is 2.00 bits per heavy atom. The second-order valence-corrected chi connectivity index (χ2v) is 6.42. The molecule has 0 aliphatic carbocycles. The maximum absolute atomic E-state index is 12.2. The van der Waals surface area contributed by atoms with Crippen LogP contribution < -0.4 is 5.73 Å². The molecular formula is C15H29N3O2. The molecule has 0 bridgehead atoms. The standard InChI is InChI=1S/C15H29N3O2/c1-12(11-20-2)9-15(19)18-8-5-14(10-18)17-6-3-13(16)4-7-17/h12-14H,3-11,16H2,1-2H3. The van der Waals surface area contributed by atoms with Gasteiger partial charge in [0.25, 0.3) is 0 Å². The van der Waals surface area contributed by atoms with Crippen LogP contribution in [0.2, 0.25) is 0 Å². The number of piperidine rings is 1. The third kappa shape index (κ3) is 4.17. The molecule has 0 radical (unpaired) electrons. The predicted octanol–water partition coefficient (Wildman–Crippen LogP) is 0.683. The van der Waals surface area contributed by atoms with E-state index in [9.17, 15) is 4.79 Å². The fraction of sp³-hybridized carbons (Fsp3) is 0.933. The molecule has 5 heteroatoms. The zero-order valence-electron chi connectivity index (χ0n) is 12.9. The molecule has 0 saturated carbocycles. The molecule has 0 spiro atoms. The van der Waals surface area contributed by atoms with E-state index in [4.69, 9.17) is 10.5 Å². The minimum absolute atomic E-state index is 0.283. The summed E-state index contributed by atoms with van der Waals surface area (Å²) >= 11 is 0. The number of nitrogens with zero attached hydrogens (tertiary/aromatic N) is 2. The van der Waals surface area contributed by atoms with E-state index < -0.39 is 0 Å². The smallest absolute Gasteiger partial charge is 0.222 e. The lowest BCUT2D eigenvalue weighted by Gasteiger charge is -2.34. The van der Waals surface area contributed by atoms with Gasteiger partial charge in [-0.3, -0.25) is 9.69 Å². The van der Waals surface area contributed by atoms with Crippen molar-refractivity contribution >= 4 is 5.91 Å². The third-order valence-electron chi connectivity index (χ3n) is 4.58. The Morgan fingerprint density at radius 3 is 2.65 bits per heavy atom. The number of hydrogen-bond donors (Lipinski definition) is 1. The number of nitrogens with two attached hydrogens (primary N) is 1. The molecular weight excluding hydrogens is 254 g/mol. The average Bonchev–Trinajstić information content (AvgIpc) is 2.89. The Kier molecular flexibility index (Phi) is 5.81. The van der Waals surface area contributed by atoms with E-state index in [1.54, 1.807) is 7.11 Å². The lowest BCUT2D eigenvalue weighted by atomic mass is 10.0. The molecule has 116 valence electrons. The maximum atomic E-state index is 12.2. The molecule has 5 nitrogen and oxygen atoms in total. The van der Waals surface area contributed by atoms with Crippen LogP contribution in [-0.4, -0.2) is 67.7 Å². The summed E-state index contributed by atoms with van der Waals surface area (Å²) in [5.41, 5.74) is 5.95. The van der Waals surface area contributed by atoms with Gasteiger partial charge in [0.2, 0.25) is 5.91 Å². The van der Waals surface area contributed by atoms with Crippen LogP contribution in [0.25, 0.3) is 0 Å². The summed E-state index contributed by atoms with van der Waals surface area (Å²) < 4.78 is 5.10. The Labute approximate surface area is 122 Å². The van der Waals surface area contributed by atoms with Crippen LogP contribution in [-0.2, 0) is 9.53 Å². The lowest BCUT2D eigenvalue weighted by molar-refractivity contribution is -0.131. The van der Waals surface area contributed by atoms with Crippen LogP contribution in [0.1, 0.15) is 32.6 Å². The van der Waals surface area contributed by atoms with E-state index in [1.165, 1.54) is 0 Å². The zero-order valence-corrected chi connectivity index (χ0v) is 12.9. The van der Waals surface area contributed by atoms with Gasteiger partial charge in [0.05, 0.1) is 0 Å². The number of likely N-dealkylation sites (tertiary alicyclic amines) is 2. The summed E-state index contributed by atoms with van der Waals surface area (Å²) in [5.74, 6) is 0.588. The van der Waals surface area contributed by atoms with Gasteiger partial charge in [-0.05, 0) is 38.3 Å². The fourth-order valence-electron chi connectivity index (χ4n) is 3.32. The number of rotatable bonds is 5. The van der Waals surface area contributed by atoms with E-state index in [2.05, 4.69) is 11.8 Å². The van der Waals surface area contributed by atoms with Crippen molar-refractivity contribution in [1.29, 1.82) is 0 Å². The third-order valence-corrected chi connectivity index (χ3v) is 4.58. The number of ether oxygens (including phenoxy) is 1. The van der Waals surface area contributed by atoms with E-state index in [0.717, 1.165) is 45.4 Å². The first kappa shape index (κ1) is 15.7. The van der Waals surface area contributed by atoms with Gasteiger partial charge < -0.3 is 15.4 Å². The van der Waals surface area contributed by atoms with Crippen molar-refractivity contribution in [2.24, 2.45) is 11.7 Å². The molecule has 1 amide bonds. The van der Waals surface area contributed by atoms with Crippen LogP contribution in [0.15, 0.2) is 0 Å². The van der Waals surface area contributed by atoms with E-state index in [0.29, 0.717) is 31.0 Å². The summed E-state index contributed by atoms with van der Waals surface area (Å²) in [7, 11) is 1.69. The maximum Gasteiger partial charge on any atom is 0.222 e. The zero-order chi connectivity index (χ0) is 14.5. The Morgan fingerprint density at radius 1 is 1.30 bits per heavy atom. The number of amides is 1. The van der Waals surface area contributed by atoms with Gasteiger partial charge in [-0.15, -0.1) is 0 Å². The summed E-state index contributed by atoms with van der Waals surface area (Å²) in [5, 5.41) is 0. The summed E-state index contributed by atoms with van der Waals surface area (Å²) in [6.07, 6.45) is 3.90. The number of methoxy groups -OCH3 is 1. The largest absolute Gasteiger partial charge is 0.384 e. The Hall–Kier alpha value is -0.650. The van der Waals surface area contributed by atoms with Crippen LogP contribution in [0.4, 0.5) is 0 Å². The van der Waals surface area contributed by atoms with Crippen molar-refractivity contribution in [2.75, 3.05) is 39.9 Å². The first-order chi connectivity index (χ1) is 9.60. The topological polar surface area (TPSA) is 58.8 Å². The highest BCUT2D eigenvalue weighted by molar-refractivity contribution is 5.76. The van der Waals surface area contributed by atoms with Gasteiger partial charge in [-0.1, -0.05) is 6.92 Å². The van der Waals surface area contributed by atoms with Crippen molar-refractivity contribution in [1.82, 2.24) is 9.80 Å². The van der Waals surface area contributed by atoms with E-state index in [-0.39, 0.29) is 5.91 Å². The molecule has 2 N–H and O–H groups in total.